The van der Waals surface area contributed by atoms with Crippen molar-refractivity contribution in [3.63, 3.8) is 0 Å². The zero-order valence-corrected chi connectivity index (χ0v) is 12.3. The lowest BCUT2D eigenvalue weighted by atomic mass is 10.2. The van der Waals surface area contributed by atoms with Crippen molar-refractivity contribution in [2.45, 2.75) is 12.6 Å². The van der Waals surface area contributed by atoms with Gasteiger partial charge in [0.2, 0.25) is 0 Å². The third-order valence-electron chi connectivity index (χ3n) is 1.66. The number of halogens is 5. The summed E-state index contributed by atoms with van der Waals surface area (Å²) in [5, 5.41) is 0. The first-order valence-electron chi connectivity index (χ1n) is 4.42. The van der Waals surface area contributed by atoms with E-state index >= 15 is 0 Å². The molecule has 1 rings (SSSR count). The Hall–Kier alpha value is 0.0800. The average molecular weight is 396 g/mol. The first-order valence-corrected chi connectivity index (χ1v) is 6.82. The molecule has 0 atom stereocenters. The number of hydrogen-bond donors (Lipinski definition) is 0. The molecule has 0 fully saturated rings. The van der Waals surface area contributed by atoms with Crippen molar-refractivity contribution in [2.24, 2.45) is 0 Å². The molecule has 0 saturated heterocycles. The molecular weight excluding hydrogens is 389 g/mol. The molecule has 0 spiro atoms. The maximum atomic E-state index is 11.7. The first kappa shape index (κ1) is 15.1. The van der Waals surface area contributed by atoms with Gasteiger partial charge in [0.05, 0.1) is 15.3 Å². The van der Waals surface area contributed by atoms with Gasteiger partial charge >= 0.3 is 6.18 Å². The monoisotopic (exact) mass is 394 g/mol. The van der Waals surface area contributed by atoms with Crippen LogP contribution in [0, 0.1) is 0 Å². The zero-order chi connectivity index (χ0) is 13.1. The van der Waals surface area contributed by atoms with Gasteiger partial charge in [-0.05, 0) is 37.9 Å². The lowest BCUT2D eigenvalue weighted by molar-refractivity contribution is -0.173. The van der Waals surface area contributed by atoms with Crippen molar-refractivity contribution in [1.82, 2.24) is 0 Å². The molecule has 0 aliphatic rings. The van der Waals surface area contributed by atoms with E-state index in [-0.39, 0.29) is 18.8 Å². The largest absolute Gasteiger partial charge is 0.411 e. The first-order chi connectivity index (χ1) is 7.79. The number of hydrogen-bond acceptors (Lipinski definition) is 3. The van der Waals surface area contributed by atoms with Crippen LogP contribution in [-0.2, 0) is 4.74 Å². The van der Waals surface area contributed by atoms with Gasteiger partial charge in [-0.15, -0.1) is 11.3 Å². The summed E-state index contributed by atoms with van der Waals surface area (Å²) >= 11 is 7.68. The number of carbonyl (C=O) groups is 1. The van der Waals surface area contributed by atoms with Gasteiger partial charge < -0.3 is 4.74 Å². The van der Waals surface area contributed by atoms with Gasteiger partial charge in [-0.2, -0.15) is 13.2 Å². The number of Topliss-reactive ketones (excluding diaryl/α,β-unsaturated/α-hetero) is 1. The number of ketones is 1. The van der Waals surface area contributed by atoms with E-state index < -0.39 is 12.8 Å². The predicted octanol–water partition coefficient (Wildman–Crippen LogP) is 4.42. The molecule has 0 aromatic carbocycles. The molecule has 0 amide bonds. The lowest BCUT2D eigenvalue weighted by Gasteiger charge is -2.06. The van der Waals surface area contributed by atoms with Crippen LogP contribution in [0.3, 0.4) is 0 Å². The van der Waals surface area contributed by atoms with Crippen LogP contribution in [0.15, 0.2) is 14.3 Å². The highest BCUT2D eigenvalue weighted by Gasteiger charge is 2.27. The van der Waals surface area contributed by atoms with E-state index in [1.807, 2.05) is 0 Å². The molecule has 0 aliphatic carbocycles. The maximum absolute atomic E-state index is 11.7. The Morgan fingerprint density at radius 3 is 2.53 bits per heavy atom. The third kappa shape index (κ3) is 5.50. The van der Waals surface area contributed by atoms with E-state index in [1.165, 1.54) is 11.3 Å². The summed E-state index contributed by atoms with van der Waals surface area (Å²) in [4.78, 5) is 12.0. The number of carbonyl (C=O) groups excluding carboxylic acids is 1. The normalized spacial score (nSPS) is 11.8. The zero-order valence-electron chi connectivity index (χ0n) is 8.31. The van der Waals surface area contributed by atoms with E-state index in [0.717, 1.165) is 8.26 Å². The van der Waals surface area contributed by atoms with Crippen molar-refractivity contribution in [3.05, 3.63) is 19.2 Å². The Bertz CT molecular complexity index is 384. The van der Waals surface area contributed by atoms with Crippen molar-refractivity contribution in [1.29, 1.82) is 0 Å². The number of thiophene rings is 1. The van der Waals surface area contributed by atoms with Crippen molar-refractivity contribution in [3.8, 4) is 0 Å². The minimum Gasteiger partial charge on any atom is -0.372 e. The molecule has 96 valence electrons. The molecule has 1 aromatic rings. The minimum absolute atomic E-state index is 0.0600. The molecule has 0 radical (unpaired) electrons. The number of ether oxygens (including phenoxy) is 1. The molecule has 1 heterocycles. The smallest absolute Gasteiger partial charge is 0.372 e. The quantitative estimate of drug-likeness (QED) is 0.544. The molecule has 0 saturated carbocycles. The Labute approximate surface area is 116 Å². The molecule has 2 nitrogen and oxygen atoms in total. The van der Waals surface area contributed by atoms with E-state index in [4.69, 9.17) is 0 Å². The van der Waals surface area contributed by atoms with Gasteiger partial charge in [0.1, 0.15) is 6.61 Å². The maximum Gasteiger partial charge on any atom is 0.411 e. The van der Waals surface area contributed by atoms with Crippen molar-refractivity contribution >= 4 is 49.0 Å². The molecule has 1 aromatic heterocycles. The van der Waals surface area contributed by atoms with Gasteiger partial charge in [0.25, 0.3) is 0 Å². The van der Waals surface area contributed by atoms with Crippen molar-refractivity contribution in [2.75, 3.05) is 13.2 Å². The third-order valence-corrected chi connectivity index (χ3v) is 4.96. The molecular formula is C9H7Br2F3O2S. The van der Waals surface area contributed by atoms with Gasteiger partial charge in [0, 0.05) is 10.9 Å². The van der Waals surface area contributed by atoms with Gasteiger partial charge in [-0.1, -0.05) is 0 Å². The summed E-state index contributed by atoms with van der Waals surface area (Å²) in [5.74, 6) is -0.233. The highest BCUT2D eigenvalue weighted by atomic mass is 79.9. The second-order valence-electron chi connectivity index (χ2n) is 3.07. The van der Waals surface area contributed by atoms with Crippen LogP contribution < -0.4 is 0 Å². The fourth-order valence-electron chi connectivity index (χ4n) is 0.960. The number of rotatable bonds is 5. The fourth-order valence-corrected chi connectivity index (χ4v) is 2.96. The molecule has 0 aliphatic heterocycles. The van der Waals surface area contributed by atoms with Crippen LogP contribution in [0.5, 0.6) is 0 Å². The topological polar surface area (TPSA) is 26.3 Å². The second-order valence-corrected chi connectivity index (χ2v) is 6.30. The summed E-state index contributed by atoms with van der Waals surface area (Å²) in [6.45, 7) is -1.55. The van der Waals surface area contributed by atoms with Gasteiger partial charge in [0.15, 0.2) is 5.78 Å². The molecule has 17 heavy (non-hydrogen) atoms. The van der Waals surface area contributed by atoms with Crippen LogP contribution in [0.2, 0.25) is 0 Å². The summed E-state index contributed by atoms with van der Waals surface area (Å²) in [5.41, 5.74) is 0. The van der Waals surface area contributed by atoms with Gasteiger partial charge in [-0.3, -0.25) is 4.79 Å². The molecule has 0 bridgehead atoms. The Morgan fingerprint density at radius 1 is 1.41 bits per heavy atom. The Balaban J connectivity index is 2.35. The Kier molecular flexibility index (Phi) is 5.62. The average Bonchev–Trinajstić information content (AvgIpc) is 2.52. The van der Waals surface area contributed by atoms with E-state index in [9.17, 15) is 18.0 Å². The SMILES string of the molecule is O=C(CCOCC(F)(F)F)c1cc(Br)c(Br)s1. The molecule has 0 unspecified atom stereocenters. The van der Waals surface area contributed by atoms with Crippen LogP contribution in [-0.4, -0.2) is 25.2 Å². The van der Waals surface area contributed by atoms with E-state index in [2.05, 4.69) is 36.6 Å². The highest BCUT2D eigenvalue weighted by molar-refractivity contribution is 9.13. The van der Waals surface area contributed by atoms with E-state index in [1.54, 1.807) is 6.07 Å². The fraction of sp³-hybridized carbons (Fsp3) is 0.444. The van der Waals surface area contributed by atoms with E-state index in [0.29, 0.717) is 4.88 Å². The van der Waals surface area contributed by atoms with Crippen molar-refractivity contribution < 1.29 is 22.7 Å². The summed E-state index contributed by atoms with van der Waals surface area (Å²) < 4.78 is 41.1. The second kappa shape index (κ2) is 6.31. The minimum atomic E-state index is -4.35. The predicted molar refractivity (Wildman–Crippen MR) is 65.5 cm³/mol. The lowest BCUT2D eigenvalue weighted by Crippen LogP contribution is -2.18. The Morgan fingerprint density at radius 2 is 2.06 bits per heavy atom. The molecule has 8 heteroatoms. The molecule has 0 N–H and O–H groups in total. The standard InChI is InChI=1S/C9H7Br2F3O2S/c10-5-3-7(17-8(5)11)6(15)1-2-16-4-9(12,13)14/h3H,1-2,4H2. The summed E-state index contributed by atoms with van der Waals surface area (Å²) in [7, 11) is 0. The summed E-state index contributed by atoms with van der Waals surface area (Å²) in [6, 6.07) is 1.63. The van der Waals surface area contributed by atoms with Crippen LogP contribution in [0.1, 0.15) is 16.1 Å². The number of alkyl halides is 3. The highest BCUT2D eigenvalue weighted by Crippen LogP contribution is 2.32. The summed E-state index contributed by atoms with van der Waals surface area (Å²) in [6.07, 6.45) is -4.41. The van der Waals surface area contributed by atoms with Gasteiger partial charge in [-0.25, -0.2) is 0 Å². The van der Waals surface area contributed by atoms with Crippen LogP contribution in [0.25, 0.3) is 0 Å². The van der Waals surface area contributed by atoms with Crippen LogP contribution in [0.4, 0.5) is 13.2 Å². The van der Waals surface area contributed by atoms with Crippen LogP contribution >= 0.6 is 43.2 Å².